The van der Waals surface area contributed by atoms with E-state index in [1.807, 2.05) is 19.1 Å². The molecule has 0 saturated carbocycles. The van der Waals surface area contributed by atoms with Crippen molar-refractivity contribution < 1.29 is 13.2 Å². The fourth-order valence-corrected chi connectivity index (χ4v) is 6.21. The molecule has 0 spiro atoms. The van der Waals surface area contributed by atoms with Crippen LogP contribution in [0.5, 0.6) is 0 Å². The summed E-state index contributed by atoms with van der Waals surface area (Å²) in [6, 6.07) is 8.32. The van der Waals surface area contributed by atoms with Crippen molar-refractivity contribution in [3.05, 3.63) is 28.7 Å². The van der Waals surface area contributed by atoms with Gasteiger partial charge in [-0.1, -0.05) is 35.3 Å². The monoisotopic (exact) mass is 485 g/mol. The molecule has 2 aliphatic rings. The number of unbranched alkanes of at least 4 members (excludes halogenated alkanes) is 1. The number of hydrogen-bond donors (Lipinski definition) is 1. The van der Waals surface area contributed by atoms with Crippen molar-refractivity contribution in [3.8, 4) is 0 Å². The van der Waals surface area contributed by atoms with Crippen LogP contribution in [0.15, 0.2) is 28.7 Å². The number of sulfonamides is 1. The van der Waals surface area contributed by atoms with E-state index in [4.69, 9.17) is 0 Å². The highest BCUT2D eigenvalue weighted by molar-refractivity contribution is 9.10. The number of nitrogens with one attached hydrogen (secondary N) is 1. The van der Waals surface area contributed by atoms with Gasteiger partial charge in [0, 0.05) is 48.8 Å². The molecule has 1 amide bonds. The molecule has 0 radical (unpaired) electrons. The van der Waals surface area contributed by atoms with Crippen molar-refractivity contribution in [2.75, 3.05) is 43.4 Å². The van der Waals surface area contributed by atoms with Crippen molar-refractivity contribution in [1.29, 1.82) is 0 Å². The largest absolute Gasteiger partial charge is 0.371 e. The lowest BCUT2D eigenvalue weighted by atomic mass is 9.97. The molecule has 2 heterocycles. The number of halogens is 1. The Kier molecular flexibility index (Phi) is 7.99. The van der Waals surface area contributed by atoms with Crippen LogP contribution in [0.4, 0.5) is 5.69 Å². The Labute approximate surface area is 183 Å². The first-order chi connectivity index (χ1) is 13.9. The minimum Gasteiger partial charge on any atom is -0.371 e. The van der Waals surface area contributed by atoms with E-state index in [9.17, 15) is 13.2 Å². The van der Waals surface area contributed by atoms with Gasteiger partial charge in [0.2, 0.25) is 15.9 Å². The second-order valence-electron chi connectivity index (χ2n) is 8.17. The normalized spacial score (nSPS) is 21.4. The zero-order valence-electron chi connectivity index (χ0n) is 17.1. The second-order valence-corrected chi connectivity index (χ2v) is 11.2. The number of carbonyl (C=O) groups excluding carboxylic acids is 1. The summed E-state index contributed by atoms with van der Waals surface area (Å²) in [5, 5.41) is 3.12. The summed E-state index contributed by atoms with van der Waals surface area (Å²) < 4.78 is 27.3. The van der Waals surface area contributed by atoms with Crippen molar-refractivity contribution in [2.24, 2.45) is 11.8 Å². The number of rotatable bonds is 8. The highest BCUT2D eigenvalue weighted by Gasteiger charge is 2.31. The summed E-state index contributed by atoms with van der Waals surface area (Å²) in [7, 11) is -3.16. The molecule has 162 valence electrons. The van der Waals surface area contributed by atoms with E-state index >= 15 is 0 Å². The molecule has 1 N–H and O–H groups in total. The fourth-order valence-electron chi connectivity index (χ4n) is 4.15. The van der Waals surface area contributed by atoms with E-state index < -0.39 is 10.0 Å². The van der Waals surface area contributed by atoms with Crippen LogP contribution in [0.1, 0.15) is 39.0 Å². The van der Waals surface area contributed by atoms with Crippen LogP contribution in [0.3, 0.4) is 0 Å². The lowest BCUT2D eigenvalue weighted by molar-refractivity contribution is -0.126. The molecule has 2 aliphatic heterocycles. The van der Waals surface area contributed by atoms with Crippen molar-refractivity contribution in [1.82, 2.24) is 9.62 Å². The molecule has 29 heavy (non-hydrogen) atoms. The molecule has 2 saturated heterocycles. The molecule has 8 heteroatoms. The smallest absolute Gasteiger partial charge is 0.223 e. The maximum absolute atomic E-state index is 12.6. The number of anilines is 1. The topological polar surface area (TPSA) is 69.7 Å². The number of carbonyl (C=O) groups is 1. The average Bonchev–Trinajstić information content (AvgIpc) is 3.20. The fraction of sp³-hybridized carbons (Fsp3) is 0.667. The van der Waals surface area contributed by atoms with Gasteiger partial charge < -0.3 is 10.2 Å². The van der Waals surface area contributed by atoms with Crippen LogP contribution in [-0.2, 0) is 14.8 Å². The SMILES string of the molecule is CCCCS(=O)(=O)N1CCC(C(=O)NCC2CCN(c3cccc(Br)c3)C2)CC1. The van der Waals surface area contributed by atoms with Crippen molar-refractivity contribution in [3.63, 3.8) is 0 Å². The van der Waals surface area contributed by atoms with Gasteiger partial charge in [-0.05, 0) is 49.8 Å². The summed E-state index contributed by atoms with van der Waals surface area (Å²) in [6.07, 6.45) is 3.87. The molecule has 1 unspecified atom stereocenters. The zero-order valence-corrected chi connectivity index (χ0v) is 19.6. The van der Waals surface area contributed by atoms with Crippen LogP contribution in [0.2, 0.25) is 0 Å². The first kappa shape index (κ1) is 22.6. The van der Waals surface area contributed by atoms with Gasteiger partial charge in [0.05, 0.1) is 5.75 Å². The Bertz CT molecular complexity index is 794. The maximum atomic E-state index is 12.6. The molecule has 2 fully saturated rings. The van der Waals surface area contributed by atoms with Gasteiger partial charge in [-0.25, -0.2) is 12.7 Å². The first-order valence-corrected chi connectivity index (χ1v) is 13.1. The Morgan fingerprint density at radius 3 is 2.66 bits per heavy atom. The van der Waals surface area contributed by atoms with E-state index in [0.717, 1.165) is 30.4 Å². The maximum Gasteiger partial charge on any atom is 0.223 e. The number of nitrogens with zero attached hydrogens (tertiary/aromatic N) is 2. The highest BCUT2D eigenvalue weighted by Crippen LogP contribution is 2.26. The third-order valence-electron chi connectivity index (χ3n) is 6.00. The van der Waals surface area contributed by atoms with Crippen LogP contribution in [-0.4, -0.2) is 57.1 Å². The van der Waals surface area contributed by atoms with E-state index in [1.54, 1.807) is 4.31 Å². The van der Waals surface area contributed by atoms with Gasteiger partial charge in [-0.2, -0.15) is 0 Å². The molecule has 0 aliphatic carbocycles. The molecular weight excluding hydrogens is 454 g/mol. The lowest BCUT2D eigenvalue weighted by Crippen LogP contribution is -2.44. The van der Waals surface area contributed by atoms with Gasteiger partial charge in [0.15, 0.2) is 0 Å². The van der Waals surface area contributed by atoms with Crippen molar-refractivity contribution >= 4 is 37.5 Å². The third kappa shape index (κ3) is 6.18. The van der Waals surface area contributed by atoms with E-state index in [1.165, 1.54) is 5.69 Å². The lowest BCUT2D eigenvalue weighted by Gasteiger charge is -2.30. The minimum absolute atomic E-state index is 0.0739. The molecular formula is C21H32BrN3O3S. The summed E-state index contributed by atoms with van der Waals surface area (Å²) in [6.45, 7) is 5.57. The van der Waals surface area contributed by atoms with Gasteiger partial charge in [-0.15, -0.1) is 0 Å². The van der Waals surface area contributed by atoms with Crippen molar-refractivity contribution in [2.45, 2.75) is 39.0 Å². The summed E-state index contributed by atoms with van der Waals surface area (Å²) >= 11 is 3.52. The summed E-state index contributed by atoms with van der Waals surface area (Å²) in [5.41, 5.74) is 1.21. The van der Waals surface area contributed by atoms with Crippen LogP contribution < -0.4 is 10.2 Å². The molecule has 3 rings (SSSR count). The Hall–Kier alpha value is -1.12. The van der Waals surface area contributed by atoms with Gasteiger partial charge in [0.1, 0.15) is 0 Å². The summed E-state index contributed by atoms with van der Waals surface area (Å²) in [5.74, 6) is 0.676. The molecule has 0 aromatic heterocycles. The molecule has 1 atom stereocenters. The number of amides is 1. The Balaban J connectivity index is 1.41. The Morgan fingerprint density at radius 2 is 1.97 bits per heavy atom. The third-order valence-corrected chi connectivity index (χ3v) is 8.45. The average molecular weight is 486 g/mol. The predicted octanol–water partition coefficient (Wildman–Crippen LogP) is 3.23. The Morgan fingerprint density at radius 1 is 1.21 bits per heavy atom. The molecule has 1 aromatic carbocycles. The minimum atomic E-state index is -3.16. The van der Waals surface area contributed by atoms with E-state index in [2.05, 4.69) is 38.3 Å². The first-order valence-electron chi connectivity index (χ1n) is 10.6. The van der Waals surface area contributed by atoms with Crippen LogP contribution in [0.25, 0.3) is 0 Å². The molecule has 6 nitrogen and oxygen atoms in total. The van der Waals surface area contributed by atoms with E-state index in [0.29, 0.717) is 44.8 Å². The second kappa shape index (κ2) is 10.3. The summed E-state index contributed by atoms with van der Waals surface area (Å²) in [4.78, 5) is 14.9. The number of benzene rings is 1. The van der Waals surface area contributed by atoms with Gasteiger partial charge in [-0.3, -0.25) is 4.79 Å². The number of piperidine rings is 1. The van der Waals surface area contributed by atoms with Gasteiger partial charge in [0.25, 0.3) is 0 Å². The molecule has 0 bridgehead atoms. The number of hydrogen-bond acceptors (Lipinski definition) is 4. The predicted molar refractivity (Wildman–Crippen MR) is 120 cm³/mol. The van der Waals surface area contributed by atoms with Crippen LogP contribution >= 0.6 is 15.9 Å². The van der Waals surface area contributed by atoms with E-state index in [-0.39, 0.29) is 17.6 Å². The standard InChI is InChI=1S/C21H32BrN3O3S/c1-2-3-13-29(27,28)25-11-8-18(9-12-25)21(26)23-15-17-7-10-24(16-17)20-6-4-5-19(22)14-20/h4-6,14,17-18H,2-3,7-13,15-16H2,1H3,(H,23,26). The quantitative estimate of drug-likeness (QED) is 0.613. The molecule has 1 aromatic rings. The van der Waals surface area contributed by atoms with Gasteiger partial charge >= 0.3 is 0 Å². The zero-order chi connectivity index (χ0) is 20.9. The highest BCUT2D eigenvalue weighted by atomic mass is 79.9. The van der Waals surface area contributed by atoms with Crippen LogP contribution in [0, 0.1) is 11.8 Å².